The maximum absolute atomic E-state index is 6.26. The van der Waals surface area contributed by atoms with Crippen LogP contribution in [-0.2, 0) is 0 Å². The summed E-state index contributed by atoms with van der Waals surface area (Å²) in [6.07, 6.45) is 0. The van der Waals surface area contributed by atoms with Gasteiger partial charge >= 0.3 is 0 Å². The minimum atomic E-state index is -0.0391. The molecule has 1 heterocycles. The fourth-order valence-corrected chi connectivity index (χ4v) is 2.66. The molecule has 8 heteroatoms. The molecule has 0 aliphatic heterocycles. The number of tetrazole rings is 1. The van der Waals surface area contributed by atoms with Crippen molar-refractivity contribution in [3.05, 3.63) is 58.1 Å². The van der Waals surface area contributed by atoms with Crippen molar-refractivity contribution in [3.8, 4) is 11.4 Å². The topological polar surface area (TPSA) is 64.9 Å². The summed E-state index contributed by atoms with van der Waals surface area (Å²) in [5, 5.41) is 15.9. The lowest BCUT2D eigenvalue weighted by atomic mass is 10.1. The Morgan fingerprint density at radius 1 is 1.17 bits per heavy atom. The highest BCUT2D eigenvalue weighted by atomic mass is 35.5. The SMILES string of the molecule is COc1cccc(C(C)Nc2nnnn2-c2cccc(Cl)c2Cl)c1. The minimum Gasteiger partial charge on any atom is -0.497 e. The monoisotopic (exact) mass is 363 g/mol. The number of hydrogen-bond donors (Lipinski definition) is 1. The molecule has 0 bridgehead atoms. The molecule has 2 aromatic carbocycles. The number of nitrogens with one attached hydrogen (secondary N) is 1. The Kier molecular flexibility index (Phi) is 4.87. The Bertz CT molecular complexity index is 852. The van der Waals surface area contributed by atoms with E-state index in [0.29, 0.717) is 21.7 Å². The van der Waals surface area contributed by atoms with Crippen LogP contribution < -0.4 is 10.1 Å². The van der Waals surface area contributed by atoms with Crippen molar-refractivity contribution in [1.29, 1.82) is 0 Å². The second kappa shape index (κ2) is 7.07. The van der Waals surface area contributed by atoms with Crippen molar-refractivity contribution in [3.63, 3.8) is 0 Å². The second-order valence-corrected chi connectivity index (χ2v) is 5.92. The molecular formula is C16H15Cl2N5O. The molecule has 124 valence electrons. The predicted octanol–water partition coefficient (Wildman–Crippen LogP) is 4.15. The van der Waals surface area contributed by atoms with Crippen LogP contribution in [0.4, 0.5) is 5.95 Å². The first-order valence-corrected chi connectivity index (χ1v) is 7.99. The van der Waals surface area contributed by atoms with Crippen LogP contribution in [0.1, 0.15) is 18.5 Å². The Labute approximate surface area is 149 Å². The highest BCUT2D eigenvalue weighted by Crippen LogP contribution is 2.30. The average Bonchev–Trinajstić information content (AvgIpc) is 3.05. The molecule has 1 unspecified atom stereocenters. The van der Waals surface area contributed by atoms with E-state index in [1.807, 2.05) is 31.2 Å². The van der Waals surface area contributed by atoms with Gasteiger partial charge < -0.3 is 10.1 Å². The number of nitrogens with zero attached hydrogens (tertiary/aromatic N) is 4. The van der Waals surface area contributed by atoms with Gasteiger partial charge in [-0.1, -0.05) is 46.5 Å². The Morgan fingerprint density at radius 3 is 2.75 bits per heavy atom. The third-order valence-corrected chi connectivity index (χ3v) is 4.38. The first kappa shape index (κ1) is 16.5. The van der Waals surface area contributed by atoms with Crippen LogP contribution in [0.2, 0.25) is 10.0 Å². The number of hydrogen-bond acceptors (Lipinski definition) is 5. The molecule has 0 aliphatic carbocycles. The van der Waals surface area contributed by atoms with Gasteiger partial charge in [0.15, 0.2) is 0 Å². The van der Waals surface area contributed by atoms with E-state index in [0.717, 1.165) is 11.3 Å². The molecule has 24 heavy (non-hydrogen) atoms. The fraction of sp³-hybridized carbons (Fsp3) is 0.188. The minimum absolute atomic E-state index is 0.0391. The highest BCUT2D eigenvalue weighted by molar-refractivity contribution is 6.43. The van der Waals surface area contributed by atoms with E-state index in [-0.39, 0.29) is 6.04 Å². The second-order valence-electron chi connectivity index (χ2n) is 5.13. The van der Waals surface area contributed by atoms with Gasteiger partial charge in [-0.3, -0.25) is 0 Å². The van der Waals surface area contributed by atoms with Crippen molar-refractivity contribution in [1.82, 2.24) is 20.2 Å². The molecule has 1 N–H and O–H groups in total. The zero-order valence-electron chi connectivity index (χ0n) is 13.1. The number of ether oxygens (including phenoxy) is 1. The van der Waals surface area contributed by atoms with E-state index >= 15 is 0 Å². The molecule has 0 amide bonds. The van der Waals surface area contributed by atoms with Gasteiger partial charge in [0.2, 0.25) is 5.95 Å². The molecule has 3 aromatic rings. The van der Waals surface area contributed by atoms with Crippen LogP contribution in [0.3, 0.4) is 0 Å². The van der Waals surface area contributed by atoms with Crippen molar-refractivity contribution in [2.24, 2.45) is 0 Å². The summed E-state index contributed by atoms with van der Waals surface area (Å²) < 4.78 is 6.78. The van der Waals surface area contributed by atoms with Gasteiger partial charge in [0, 0.05) is 0 Å². The zero-order chi connectivity index (χ0) is 17.1. The molecule has 0 saturated carbocycles. The molecule has 0 radical (unpaired) electrons. The first-order valence-electron chi connectivity index (χ1n) is 7.23. The number of benzene rings is 2. The molecule has 0 saturated heterocycles. The van der Waals surface area contributed by atoms with E-state index in [1.54, 1.807) is 25.3 Å². The van der Waals surface area contributed by atoms with Crippen LogP contribution in [0.15, 0.2) is 42.5 Å². The third-order valence-electron chi connectivity index (χ3n) is 3.57. The van der Waals surface area contributed by atoms with Gasteiger partial charge in [-0.25, -0.2) is 0 Å². The molecule has 3 rings (SSSR count). The van der Waals surface area contributed by atoms with Gasteiger partial charge in [0.25, 0.3) is 0 Å². The molecule has 0 fully saturated rings. The summed E-state index contributed by atoms with van der Waals surface area (Å²) >= 11 is 12.3. The summed E-state index contributed by atoms with van der Waals surface area (Å²) in [6, 6.07) is 13.0. The van der Waals surface area contributed by atoms with Crippen molar-refractivity contribution in [2.45, 2.75) is 13.0 Å². The summed E-state index contributed by atoms with van der Waals surface area (Å²) in [5.74, 6) is 1.26. The lowest BCUT2D eigenvalue weighted by Crippen LogP contribution is -2.12. The zero-order valence-corrected chi connectivity index (χ0v) is 14.6. The number of rotatable bonds is 5. The molecular weight excluding hydrogens is 349 g/mol. The van der Waals surface area contributed by atoms with Gasteiger partial charge in [-0.15, -0.1) is 0 Å². The standard InChI is InChI=1S/C16H15Cl2N5O/c1-10(11-5-3-6-12(9-11)24-2)19-16-20-21-22-23(16)14-8-4-7-13(17)15(14)18/h3-10H,1-2H3,(H,19,20,22). The van der Waals surface area contributed by atoms with Crippen LogP contribution in [0.25, 0.3) is 5.69 Å². The maximum atomic E-state index is 6.26. The fourth-order valence-electron chi connectivity index (χ4n) is 2.28. The normalized spacial score (nSPS) is 12.0. The number of aromatic nitrogens is 4. The lowest BCUT2D eigenvalue weighted by molar-refractivity contribution is 0.414. The van der Waals surface area contributed by atoms with Gasteiger partial charge in [-0.2, -0.15) is 4.68 Å². The van der Waals surface area contributed by atoms with Crippen molar-refractivity contribution < 1.29 is 4.74 Å². The Morgan fingerprint density at radius 2 is 1.96 bits per heavy atom. The van der Waals surface area contributed by atoms with Crippen molar-refractivity contribution in [2.75, 3.05) is 12.4 Å². The van der Waals surface area contributed by atoms with E-state index in [2.05, 4.69) is 20.8 Å². The summed E-state index contributed by atoms with van der Waals surface area (Å²) in [7, 11) is 1.64. The van der Waals surface area contributed by atoms with Gasteiger partial charge in [-0.05, 0) is 47.2 Å². The van der Waals surface area contributed by atoms with E-state index < -0.39 is 0 Å². The largest absolute Gasteiger partial charge is 0.497 e. The van der Waals surface area contributed by atoms with Crippen LogP contribution in [0.5, 0.6) is 5.75 Å². The van der Waals surface area contributed by atoms with E-state index in [9.17, 15) is 0 Å². The Balaban J connectivity index is 1.89. The van der Waals surface area contributed by atoms with Gasteiger partial charge in [0.05, 0.1) is 28.9 Å². The van der Waals surface area contributed by atoms with E-state index in [4.69, 9.17) is 27.9 Å². The van der Waals surface area contributed by atoms with Gasteiger partial charge in [0.1, 0.15) is 5.75 Å². The van der Waals surface area contributed by atoms with Crippen molar-refractivity contribution >= 4 is 29.2 Å². The first-order chi connectivity index (χ1) is 11.6. The summed E-state index contributed by atoms with van der Waals surface area (Å²) in [6.45, 7) is 2.01. The number of anilines is 1. The predicted molar refractivity (Wildman–Crippen MR) is 94.2 cm³/mol. The number of methoxy groups -OCH3 is 1. The maximum Gasteiger partial charge on any atom is 0.248 e. The van der Waals surface area contributed by atoms with Crippen LogP contribution in [-0.4, -0.2) is 27.3 Å². The summed E-state index contributed by atoms with van der Waals surface area (Å²) in [4.78, 5) is 0. The smallest absolute Gasteiger partial charge is 0.248 e. The van der Waals surface area contributed by atoms with E-state index in [1.165, 1.54) is 4.68 Å². The van der Waals surface area contributed by atoms with Crippen LogP contribution in [0, 0.1) is 0 Å². The summed E-state index contributed by atoms with van der Waals surface area (Å²) in [5.41, 5.74) is 1.65. The average molecular weight is 364 g/mol. The third kappa shape index (κ3) is 3.29. The van der Waals surface area contributed by atoms with Crippen LogP contribution >= 0.6 is 23.2 Å². The molecule has 1 aromatic heterocycles. The highest BCUT2D eigenvalue weighted by Gasteiger charge is 2.16. The molecule has 6 nitrogen and oxygen atoms in total. The lowest BCUT2D eigenvalue weighted by Gasteiger charge is -2.16. The molecule has 0 spiro atoms. The molecule has 1 atom stereocenters. The quantitative estimate of drug-likeness (QED) is 0.737. The Hall–Kier alpha value is -2.31. The number of halogens is 2. The molecule has 0 aliphatic rings.